The predicted molar refractivity (Wildman–Crippen MR) is 41.3 cm³/mol. The molecule has 70 valence electrons. The van der Waals surface area contributed by atoms with Crippen LogP contribution in [0.1, 0.15) is 22.5 Å². The van der Waals surface area contributed by atoms with E-state index in [1.54, 1.807) is 0 Å². The Morgan fingerprint density at radius 3 is 2.69 bits per heavy atom. The third kappa shape index (κ3) is 1.75. The van der Waals surface area contributed by atoms with Crippen LogP contribution in [0.15, 0.2) is 6.20 Å². The number of alkyl halides is 2. The summed E-state index contributed by atoms with van der Waals surface area (Å²) in [5.74, 6) is -0.863. The molecule has 0 saturated heterocycles. The monoisotopic (exact) mass is 207 g/mol. The second kappa shape index (κ2) is 3.66. The predicted octanol–water partition coefficient (Wildman–Crippen LogP) is 2.19. The van der Waals surface area contributed by atoms with Crippen molar-refractivity contribution in [3.63, 3.8) is 0 Å². The molecule has 0 saturated carbocycles. The highest BCUT2D eigenvalue weighted by atomic mass is 35.5. The molecule has 0 unspecified atom stereocenters. The molecule has 0 spiro atoms. The van der Waals surface area contributed by atoms with E-state index in [-0.39, 0.29) is 16.9 Å². The summed E-state index contributed by atoms with van der Waals surface area (Å²) >= 11 is 5.41. The lowest BCUT2D eigenvalue weighted by Gasteiger charge is -2.04. The first-order chi connectivity index (χ1) is 6.07. The van der Waals surface area contributed by atoms with Gasteiger partial charge in [0.05, 0.1) is 10.6 Å². The summed E-state index contributed by atoms with van der Waals surface area (Å²) in [7, 11) is 0. The summed E-state index contributed by atoms with van der Waals surface area (Å²) in [6.07, 6.45) is -1.84. The maximum atomic E-state index is 12.1. The largest absolute Gasteiger partial charge is 0.505 e. The lowest BCUT2D eigenvalue weighted by atomic mass is 10.2. The van der Waals surface area contributed by atoms with Crippen molar-refractivity contribution >= 4 is 17.9 Å². The van der Waals surface area contributed by atoms with E-state index in [2.05, 4.69) is 4.98 Å². The average Bonchev–Trinajstić information content (AvgIpc) is 2.04. The zero-order valence-corrected chi connectivity index (χ0v) is 6.92. The number of hydrogen-bond donors (Lipinski definition) is 1. The highest BCUT2D eigenvalue weighted by Gasteiger charge is 2.19. The molecule has 1 N–H and O–H groups in total. The highest BCUT2D eigenvalue weighted by Crippen LogP contribution is 2.31. The molecular formula is C7H4ClF2NO2. The second-order valence-electron chi connectivity index (χ2n) is 2.17. The van der Waals surface area contributed by atoms with Gasteiger partial charge in [-0.1, -0.05) is 11.6 Å². The number of carbonyl (C=O) groups excluding carboxylic acids is 1. The Morgan fingerprint density at radius 2 is 2.23 bits per heavy atom. The van der Waals surface area contributed by atoms with E-state index in [0.717, 1.165) is 6.20 Å². The number of carbonyl (C=O) groups is 1. The molecule has 1 heterocycles. The minimum Gasteiger partial charge on any atom is -0.505 e. The van der Waals surface area contributed by atoms with Crippen LogP contribution in [-0.4, -0.2) is 16.4 Å². The van der Waals surface area contributed by atoms with Gasteiger partial charge in [-0.25, -0.2) is 13.8 Å². The average molecular weight is 208 g/mol. The molecule has 1 aromatic rings. The van der Waals surface area contributed by atoms with Gasteiger partial charge in [0.1, 0.15) is 5.69 Å². The molecule has 0 atom stereocenters. The van der Waals surface area contributed by atoms with Crippen LogP contribution >= 0.6 is 11.6 Å². The highest BCUT2D eigenvalue weighted by molar-refractivity contribution is 6.33. The Balaban J connectivity index is 3.35. The van der Waals surface area contributed by atoms with E-state index < -0.39 is 17.9 Å². The summed E-state index contributed by atoms with van der Waals surface area (Å²) in [6.45, 7) is 0. The number of aromatic nitrogens is 1. The van der Waals surface area contributed by atoms with Crippen molar-refractivity contribution in [3.05, 3.63) is 22.5 Å². The van der Waals surface area contributed by atoms with Gasteiger partial charge in [-0.2, -0.15) is 0 Å². The Bertz CT molecular complexity index is 344. The van der Waals surface area contributed by atoms with Crippen LogP contribution in [0.5, 0.6) is 5.75 Å². The number of pyridine rings is 1. The fraction of sp³-hybridized carbons (Fsp3) is 0.143. The quantitative estimate of drug-likeness (QED) is 0.757. The summed E-state index contributed by atoms with van der Waals surface area (Å²) in [6, 6.07) is 0. The maximum absolute atomic E-state index is 12.1. The van der Waals surface area contributed by atoms with E-state index in [1.807, 2.05) is 0 Å². The van der Waals surface area contributed by atoms with Gasteiger partial charge in [0.2, 0.25) is 0 Å². The van der Waals surface area contributed by atoms with Crippen molar-refractivity contribution in [2.75, 3.05) is 0 Å². The zero-order valence-electron chi connectivity index (χ0n) is 6.17. The molecule has 0 fully saturated rings. The summed E-state index contributed by atoms with van der Waals surface area (Å²) in [4.78, 5) is 13.5. The van der Waals surface area contributed by atoms with E-state index in [9.17, 15) is 13.6 Å². The van der Waals surface area contributed by atoms with Crippen LogP contribution in [0, 0.1) is 0 Å². The zero-order chi connectivity index (χ0) is 10.0. The van der Waals surface area contributed by atoms with Gasteiger partial charge < -0.3 is 5.11 Å². The van der Waals surface area contributed by atoms with Gasteiger partial charge in [0.25, 0.3) is 6.43 Å². The first-order valence-electron chi connectivity index (χ1n) is 3.18. The van der Waals surface area contributed by atoms with Crippen molar-refractivity contribution in [1.82, 2.24) is 4.98 Å². The van der Waals surface area contributed by atoms with Crippen LogP contribution in [-0.2, 0) is 0 Å². The smallest absolute Gasteiger partial charge is 0.284 e. The SMILES string of the molecule is O=Cc1c(Cl)cnc(C(F)F)c1O. The minimum atomic E-state index is -2.93. The van der Waals surface area contributed by atoms with Crippen LogP contribution < -0.4 is 0 Å². The molecule has 1 aromatic heterocycles. The van der Waals surface area contributed by atoms with Crippen molar-refractivity contribution in [3.8, 4) is 5.75 Å². The number of rotatable bonds is 2. The van der Waals surface area contributed by atoms with E-state index in [1.165, 1.54) is 0 Å². The number of nitrogens with zero attached hydrogens (tertiary/aromatic N) is 1. The maximum Gasteiger partial charge on any atom is 0.284 e. The number of halogens is 3. The van der Waals surface area contributed by atoms with Gasteiger partial charge >= 0.3 is 0 Å². The molecule has 3 nitrogen and oxygen atoms in total. The molecule has 0 aliphatic rings. The third-order valence-electron chi connectivity index (χ3n) is 1.40. The van der Waals surface area contributed by atoms with Crippen LogP contribution in [0.4, 0.5) is 8.78 Å². The summed E-state index contributed by atoms with van der Waals surface area (Å²) in [5.41, 5.74) is -1.21. The van der Waals surface area contributed by atoms with Crippen molar-refractivity contribution in [2.24, 2.45) is 0 Å². The number of hydrogen-bond acceptors (Lipinski definition) is 3. The molecule has 0 aliphatic heterocycles. The van der Waals surface area contributed by atoms with E-state index in [0.29, 0.717) is 0 Å². The van der Waals surface area contributed by atoms with Crippen LogP contribution in [0.25, 0.3) is 0 Å². The molecule has 0 aromatic carbocycles. The second-order valence-corrected chi connectivity index (χ2v) is 2.58. The van der Waals surface area contributed by atoms with E-state index >= 15 is 0 Å². The van der Waals surface area contributed by atoms with Gasteiger partial charge in [-0.15, -0.1) is 0 Å². The molecule has 0 amide bonds. The summed E-state index contributed by atoms with van der Waals surface area (Å²) < 4.78 is 24.2. The normalized spacial score (nSPS) is 10.5. The fourth-order valence-electron chi connectivity index (χ4n) is 0.780. The lowest BCUT2D eigenvalue weighted by molar-refractivity contribution is 0.111. The van der Waals surface area contributed by atoms with Gasteiger partial charge in [-0.05, 0) is 0 Å². The first-order valence-corrected chi connectivity index (χ1v) is 3.56. The van der Waals surface area contributed by atoms with Gasteiger partial charge in [-0.3, -0.25) is 4.79 Å². The standard InChI is InChI=1S/C7H4ClF2NO2/c8-4-1-11-5(7(9)10)6(13)3(4)2-12/h1-2,7,13H. The van der Waals surface area contributed by atoms with Gasteiger partial charge in [0.15, 0.2) is 12.0 Å². The first kappa shape index (κ1) is 9.85. The molecule has 6 heteroatoms. The Morgan fingerprint density at radius 1 is 1.62 bits per heavy atom. The molecule has 0 aliphatic carbocycles. The lowest BCUT2D eigenvalue weighted by Crippen LogP contribution is -1.95. The van der Waals surface area contributed by atoms with Crippen LogP contribution in [0.3, 0.4) is 0 Å². The summed E-state index contributed by atoms with van der Waals surface area (Å²) in [5, 5.41) is 8.93. The van der Waals surface area contributed by atoms with Crippen LogP contribution in [0.2, 0.25) is 5.02 Å². The minimum absolute atomic E-state index is 0.156. The van der Waals surface area contributed by atoms with Crippen molar-refractivity contribution < 1.29 is 18.7 Å². The van der Waals surface area contributed by atoms with Gasteiger partial charge in [0, 0.05) is 6.20 Å². The Kier molecular flexibility index (Phi) is 2.77. The number of aldehydes is 1. The van der Waals surface area contributed by atoms with E-state index in [4.69, 9.17) is 16.7 Å². The molecule has 0 radical (unpaired) electrons. The Labute approximate surface area is 77.0 Å². The number of aromatic hydroxyl groups is 1. The third-order valence-corrected chi connectivity index (χ3v) is 1.70. The fourth-order valence-corrected chi connectivity index (χ4v) is 0.963. The Hall–Kier alpha value is -1.23. The molecule has 1 rings (SSSR count). The molecular weight excluding hydrogens is 204 g/mol. The molecule has 0 bridgehead atoms. The molecule has 13 heavy (non-hydrogen) atoms. The topological polar surface area (TPSA) is 50.2 Å². The van der Waals surface area contributed by atoms with Crippen molar-refractivity contribution in [1.29, 1.82) is 0 Å². The van der Waals surface area contributed by atoms with Crippen molar-refractivity contribution in [2.45, 2.75) is 6.43 Å².